The summed E-state index contributed by atoms with van der Waals surface area (Å²) >= 11 is 0.930. The maximum absolute atomic E-state index is 12.6. The number of aromatic nitrogens is 4. The second kappa shape index (κ2) is 24.1. The summed E-state index contributed by atoms with van der Waals surface area (Å²) in [5, 5.41) is 35.0. The second-order valence-electron chi connectivity index (χ2n) is 12.3. The van der Waals surface area contributed by atoms with E-state index in [4.69, 9.17) is 10.5 Å². The molecule has 2 amide bonds. The summed E-state index contributed by atoms with van der Waals surface area (Å²) in [7, 11) is -17.3. The molecule has 0 saturated carbocycles. The zero-order valence-electron chi connectivity index (χ0n) is 31.7. The van der Waals surface area contributed by atoms with Crippen LogP contribution in [0.2, 0.25) is 0 Å². The van der Waals surface area contributed by atoms with Gasteiger partial charge in [0.1, 0.15) is 36.3 Å². The number of hydrogen-bond donors (Lipinski definition) is 7. The van der Waals surface area contributed by atoms with E-state index in [0.29, 0.717) is 0 Å². The first-order chi connectivity index (χ1) is 24.9. The molecule has 0 bridgehead atoms. The Balaban J connectivity index is 0.0000105. The Morgan fingerprint density at radius 1 is 1.07 bits per heavy atom. The number of imidazole rings is 1. The van der Waals surface area contributed by atoms with E-state index in [-0.39, 0.29) is 110 Å². The summed E-state index contributed by atoms with van der Waals surface area (Å²) in [5.41, 5.74) is 4.09. The normalized spacial score (nSPS) is 21.4. The van der Waals surface area contributed by atoms with Crippen LogP contribution in [0.1, 0.15) is 39.8 Å². The molecular weight excluding hydrogens is 832 g/mol. The van der Waals surface area contributed by atoms with Gasteiger partial charge < -0.3 is 69.6 Å². The van der Waals surface area contributed by atoms with Gasteiger partial charge in [0.05, 0.1) is 33.5 Å². The van der Waals surface area contributed by atoms with Gasteiger partial charge in [-0.15, -0.1) is 0 Å². The number of carbonyl (C=O) groups excluding carboxylic acids is 3. The van der Waals surface area contributed by atoms with Crippen molar-refractivity contribution >= 4 is 69.1 Å². The third kappa shape index (κ3) is 18.1. The van der Waals surface area contributed by atoms with E-state index >= 15 is 0 Å². The number of nitrogen functional groups attached to an aromatic ring is 1. The summed E-state index contributed by atoms with van der Waals surface area (Å²) in [5.74, 6) is -1.33. The Kier molecular flexibility index (Phi) is 23.8. The molecule has 0 spiro atoms. The fourth-order valence-electron chi connectivity index (χ4n) is 4.58. The van der Waals surface area contributed by atoms with E-state index in [9.17, 15) is 63.0 Å². The molecule has 1 fully saturated rings. The third-order valence-corrected chi connectivity index (χ3v) is 11.2. The number of hydrogen-bond acceptors (Lipinski definition) is 22. The predicted octanol–water partition coefficient (Wildman–Crippen LogP) is -12.4. The summed E-state index contributed by atoms with van der Waals surface area (Å²) in [4.78, 5) is 93.0. The van der Waals surface area contributed by atoms with E-state index in [0.717, 1.165) is 29.0 Å². The first-order valence-corrected chi connectivity index (χ1v) is 21.0. The van der Waals surface area contributed by atoms with Gasteiger partial charge in [-0.1, -0.05) is 25.6 Å². The number of ether oxygens (including phenoxy) is 1. The van der Waals surface area contributed by atoms with Crippen molar-refractivity contribution in [3.63, 3.8) is 0 Å². The topological polar surface area (TPSA) is 392 Å². The molecule has 2 aromatic heterocycles. The minimum atomic E-state index is -5.84. The van der Waals surface area contributed by atoms with Crippen LogP contribution in [0.5, 0.6) is 0 Å². The van der Waals surface area contributed by atoms with Gasteiger partial charge in [0, 0.05) is 37.1 Å². The number of nitrogens with zero attached hydrogens (tertiary/aromatic N) is 4. The maximum atomic E-state index is 12.6. The van der Waals surface area contributed by atoms with Gasteiger partial charge in [0.2, 0.25) is 11.8 Å². The maximum Gasteiger partial charge on any atom is 1.00 e. The first kappa shape index (κ1) is 56.3. The van der Waals surface area contributed by atoms with Gasteiger partial charge in [-0.25, -0.2) is 23.8 Å². The number of aliphatic hydroxyl groups is 3. The van der Waals surface area contributed by atoms with Crippen molar-refractivity contribution in [1.82, 2.24) is 30.2 Å². The zero-order valence-corrected chi connectivity index (χ0v) is 35.2. The van der Waals surface area contributed by atoms with Gasteiger partial charge in [-0.3, -0.25) is 28.0 Å². The van der Waals surface area contributed by atoms with Crippen LogP contribution in [0.4, 0.5) is 5.82 Å². The summed E-state index contributed by atoms with van der Waals surface area (Å²) in [6.07, 6.45) is -8.32. The molecule has 0 aliphatic carbocycles. The van der Waals surface area contributed by atoms with Crippen molar-refractivity contribution in [1.29, 1.82) is 0 Å². The molecular formula is C25H39Li3N7O18P3S. The van der Waals surface area contributed by atoms with Gasteiger partial charge in [0.15, 0.2) is 22.8 Å². The Hall–Kier alpha value is -0.688. The van der Waals surface area contributed by atoms with Gasteiger partial charge >= 0.3 is 64.4 Å². The number of nitrogens with two attached hydrogens (primary N) is 1. The van der Waals surface area contributed by atoms with E-state index in [1.807, 2.05) is 0 Å². The number of anilines is 1. The van der Waals surface area contributed by atoms with Crippen molar-refractivity contribution in [3.8, 4) is 0 Å². The molecule has 8 N–H and O–H groups in total. The first-order valence-electron chi connectivity index (χ1n) is 15.6. The van der Waals surface area contributed by atoms with E-state index in [1.54, 1.807) is 0 Å². The molecule has 2 aromatic rings. The minimum Gasteiger partial charge on any atom is -0.790 e. The molecule has 306 valence electrons. The van der Waals surface area contributed by atoms with Crippen molar-refractivity contribution in [2.75, 3.05) is 37.8 Å². The molecule has 1 saturated heterocycles. The Labute approximate surface area is 365 Å². The van der Waals surface area contributed by atoms with Crippen LogP contribution in [0, 0.1) is 5.41 Å². The molecule has 8 atom stereocenters. The number of thioether (sulfide) groups is 1. The molecule has 1 aliphatic heterocycles. The Morgan fingerprint density at radius 3 is 2.33 bits per heavy atom. The molecule has 3 unspecified atom stereocenters. The third-order valence-electron chi connectivity index (χ3n) is 7.21. The van der Waals surface area contributed by atoms with E-state index in [2.05, 4.69) is 43.5 Å². The SMILES string of the molecule is CC(O)CC(=O)SCCNC(=O)CCNC(=O)[C@H](O)C(C)(C)COP(=O)([O-])OP(=O)(O)OC[C@H]1O[C@@H](n2cnc3c(N)ncnc32)[C@H](O)[C@@H]1OP(=O)([O-])[O-].[Li+].[Li+].[Li+]. The van der Waals surface area contributed by atoms with Crippen molar-refractivity contribution in [2.24, 2.45) is 5.41 Å². The van der Waals surface area contributed by atoms with Crippen molar-refractivity contribution in [2.45, 2.75) is 70.4 Å². The number of aliphatic hydroxyl groups excluding tert-OH is 3. The largest absolute Gasteiger partial charge is 1.00 e. The number of phosphoric ester groups is 3. The number of phosphoric acid groups is 3. The van der Waals surface area contributed by atoms with Gasteiger partial charge in [-0.2, -0.15) is 0 Å². The van der Waals surface area contributed by atoms with Crippen molar-refractivity contribution < 1.29 is 142 Å². The fourth-order valence-corrected chi connectivity index (χ4v) is 8.14. The average molecular weight is 871 g/mol. The van der Waals surface area contributed by atoms with Crippen molar-refractivity contribution in [3.05, 3.63) is 12.7 Å². The molecule has 25 nitrogen and oxygen atoms in total. The monoisotopic (exact) mass is 871 g/mol. The summed E-state index contributed by atoms with van der Waals surface area (Å²) in [6, 6.07) is 0. The summed E-state index contributed by atoms with van der Waals surface area (Å²) < 4.78 is 60.8. The molecule has 3 heterocycles. The number of nitrogens with one attached hydrogen (secondary N) is 2. The molecule has 0 aromatic carbocycles. The fraction of sp³-hybridized carbons (Fsp3) is 0.680. The van der Waals surface area contributed by atoms with Crippen LogP contribution in [0.15, 0.2) is 12.7 Å². The number of carbonyl (C=O) groups is 3. The summed E-state index contributed by atoms with van der Waals surface area (Å²) in [6.45, 7) is 1.56. The standard InChI is InChI=1S/C25H42N7O18P3S.3Li/c1-13(33)8-16(35)54-7-6-27-15(34)4-5-28-23(38)20(37)25(2,3)10-47-53(44,45)50-52(42,43)46-9-14-19(49-51(39,40)41)18(36)24(48-14)32-12-31-17-21(26)29-11-30-22(17)32;;;/h11-14,18-20,24,33,36-37H,4-10H2,1-3H3,(H,27,34)(H,28,38)(H,42,43)(H,44,45)(H2,26,29,30)(H2,39,40,41);;;/q;3*+1/p-3/t13?,14-,18-,19-,20+,24-;;;/m1.../s1. The second-order valence-corrected chi connectivity index (χ2v) is 17.5. The van der Waals surface area contributed by atoms with Crippen LogP contribution in [0.25, 0.3) is 11.2 Å². The smallest absolute Gasteiger partial charge is 0.790 e. The van der Waals surface area contributed by atoms with Crippen LogP contribution < -0.4 is 87.6 Å². The van der Waals surface area contributed by atoms with Crippen LogP contribution in [-0.4, -0.2) is 119 Å². The average Bonchev–Trinajstić information content (AvgIpc) is 3.60. The van der Waals surface area contributed by atoms with Gasteiger partial charge in [-0.05, 0) is 6.92 Å². The molecule has 3 rings (SSSR count). The van der Waals surface area contributed by atoms with Crippen LogP contribution in [0.3, 0.4) is 0 Å². The Morgan fingerprint density at radius 2 is 1.72 bits per heavy atom. The quantitative estimate of drug-likeness (QED) is 0.0348. The number of amides is 2. The number of fused-ring (bicyclic) bond motifs is 1. The Bertz CT molecular complexity index is 1800. The molecule has 32 heteroatoms. The van der Waals surface area contributed by atoms with Crippen LogP contribution in [-0.2, 0) is 50.7 Å². The van der Waals surface area contributed by atoms with Crippen LogP contribution >= 0.6 is 35.2 Å². The molecule has 57 heavy (non-hydrogen) atoms. The number of rotatable bonds is 21. The molecule has 0 radical (unpaired) electrons. The van der Waals surface area contributed by atoms with E-state index < -0.39 is 90.7 Å². The minimum absolute atomic E-state index is 0. The molecule has 1 aliphatic rings. The predicted molar refractivity (Wildman–Crippen MR) is 177 cm³/mol. The van der Waals surface area contributed by atoms with E-state index in [1.165, 1.54) is 20.8 Å². The van der Waals surface area contributed by atoms with Gasteiger partial charge in [0.25, 0.3) is 7.82 Å². The zero-order chi connectivity index (χ0) is 40.6.